The number of rotatable bonds is 7. The van der Waals surface area contributed by atoms with E-state index in [1.807, 2.05) is 13.0 Å². The molecule has 0 heterocycles. The summed E-state index contributed by atoms with van der Waals surface area (Å²) in [4.78, 5) is 11.0. The smallest absolute Gasteiger partial charge is 0.350 e. The molecule has 0 radical (unpaired) electrons. The van der Waals surface area contributed by atoms with Gasteiger partial charge in [-0.3, -0.25) is 5.73 Å². The lowest BCUT2D eigenvalue weighted by Crippen LogP contribution is -2.38. The largest absolute Gasteiger partial charge is 0.463 e. The van der Waals surface area contributed by atoms with E-state index >= 15 is 0 Å². The highest BCUT2D eigenvalue weighted by Gasteiger charge is 2.18. The van der Waals surface area contributed by atoms with Crippen LogP contribution in [0.5, 0.6) is 0 Å². The number of carbonyl (C=O) groups excluding carboxylic acids is 1. The summed E-state index contributed by atoms with van der Waals surface area (Å²) in [6.45, 7) is 3.89. The number of allylic oxidation sites excluding steroid dienone is 1. The first kappa shape index (κ1) is 14.1. The van der Waals surface area contributed by atoms with E-state index in [4.69, 9.17) is 10.5 Å². The molecule has 0 aliphatic rings. The Morgan fingerprint density at radius 1 is 1.47 bits per heavy atom. The molecule has 2 unspecified atom stereocenters. The maximum Gasteiger partial charge on any atom is 0.350 e. The number of hydrogen-bond donors (Lipinski definition) is 2. The van der Waals surface area contributed by atoms with Gasteiger partial charge < -0.3 is 14.6 Å². The summed E-state index contributed by atoms with van der Waals surface area (Å²) in [6.07, 6.45) is 2.55. The molecular weight excluding hydrogens is 198 g/mol. The molecule has 0 aliphatic carbocycles. The normalized spacial score (nSPS) is 15.2. The zero-order valence-corrected chi connectivity index (χ0v) is 9.18. The monoisotopic (exact) mass is 217 g/mol. The van der Waals surface area contributed by atoms with E-state index in [2.05, 4.69) is 4.74 Å². The van der Waals surface area contributed by atoms with Gasteiger partial charge >= 0.3 is 5.97 Å². The molecule has 0 aliphatic heterocycles. The molecular formula is C10H19NO4. The second kappa shape index (κ2) is 8.40. The summed E-state index contributed by atoms with van der Waals surface area (Å²) in [5, 5.41) is 9.30. The minimum absolute atomic E-state index is 0.238. The van der Waals surface area contributed by atoms with E-state index in [1.54, 1.807) is 13.0 Å². The van der Waals surface area contributed by atoms with Gasteiger partial charge in [0.15, 0.2) is 6.29 Å². The van der Waals surface area contributed by atoms with Crippen molar-refractivity contribution in [3.8, 4) is 0 Å². The summed E-state index contributed by atoms with van der Waals surface area (Å²) < 4.78 is 9.43. The van der Waals surface area contributed by atoms with Crippen molar-refractivity contribution < 1.29 is 19.4 Å². The molecule has 0 bridgehead atoms. The van der Waals surface area contributed by atoms with Crippen molar-refractivity contribution in [2.24, 2.45) is 5.73 Å². The van der Waals surface area contributed by atoms with Gasteiger partial charge in [-0.15, -0.1) is 0 Å². The van der Waals surface area contributed by atoms with Crippen molar-refractivity contribution in [2.75, 3.05) is 6.61 Å². The fraction of sp³-hybridized carbons (Fsp3) is 0.700. The van der Waals surface area contributed by atoms with E-state index in [0.29, 0.717) is 6.42 Å². The average Bonchev–Trinajstić information content (AvgIpc) is 2.18. The Morgan fingerprint density at radius 2 is 2.13 bits per heavy atom. The van der Waals surface area contributed by atoms with E-state index in [1.165, 1.54) is 0 Å². The standard InChI is InChI=1S/C10H19NO4/c1-3-5-6-7-8(12)15-9(11)10(13)14-4-2/h5-6,8-9,12H,3-4,7,11H2,1-2H3/b6-5-. The lowest BCUT2D eigenvalue weighted by atomic mass is 10.3. The first-order valence-corrected chi connectivity index (χ1v) is 5.02. The van der Waals surface area contributed by atoms with Gasteiger partial charge in [-0.1, -0.05) is 19.1 Å². The van der Waals surface area contributed by atoms with E-state index < -0.39 is 18.5 Å². The predicted molar refractivity (Wildman–Crippen MR) is 55.7 cm³/mol. The minimum Gasteiger partial charge on any atom is -0.463 e. The molecule has 15 heavy (non-hydrogen) atoms. The molecule has 0 amide bonds. The van der Waals surface area contributed by atoms with Crippen LogP contribution in [0.15, 0.2) is 12.2 Å². The number of aliphatic hydroxyl groups is 1. The molecule has 3 N–H and O–H groups in total. The van der Waals surface area contributed by atoms with Gasteiger partial charge in [-0.05, 0) is 13.3 Å². The Kier molecular flexibility index (Phi) is 7.89. The van der Waals surface area contributed by atoms with Crippen LogP contribution in [0.25, 0.3) is 0 Å². The van der Waals surface area contributed by atoms with Crippen molar-refractivity contribution in [2.45, 2.75) is 39.2 Å². The van der Waals surface area contributed by atoms with Crippen molar-refractivity contribution in [1.82, 2.24) is 0 Å². The maximum atomic E-state index is 11.0. The van der Waals surface area contributed by atoms with Gasteiger partial charge in [0.05, 0.1) is 6.61 Å². The van der Waals surface area contributed by atoms with E-state index in [9.17, 15) is 9.90 Å². The van der Waals surface area contributed by atoms with Crippen LogP contribution >= 0.6 is 0 Å². The fourth-order valence-corrected chi connectivity index (χ4v) is 0.884. The molecule has 0 saturated heterocycles. The first-order valence-electron chi connectivity index (χ1n) is 5.02. The molecule has 88 valence electrons. The number of nitrogens with two attached hydrogens (primary N) is 1. The second-order valence-electron chi connectivity index (χ2n) is 2.88. The minimum atomic E-state index is -1.23. The number of ether oxygens (including phenoxy) is 2. The lowest BCUT2D eigenvalue weighted by molar-refractivity contribution is -0.178. The summed E-state index contributed by atoms with van der Waals surface area (Å²) in [5.74, 6) is -0.670. The zero-order valence-electron chi connectivity index (χ0n) is 9.18. The van der Waals surface area contributed by atoms with Crippen LogP contribution in [0.3, 0.4) is 0 Å². The lowest BCUT2D eigenvalue weighted by Gasteiger charge is -2.15. The zero-order chi connectivity index (χ0) is 11.7. The molecule has 0 saturated carbocycles. The highest BCUT2D eigenvalue weighted by atomic mass is 16.6. The molecule has 0 rings (SSSR count). The van der Waals surface area contributed by atoms with Crippen molar-refractivity contribution in [1.29, 1.82) is 0 Å². The van der Waals surface area contributed by atoms with Crippen LogP contribution in [0.2, 0.25) is 0 Å². The van der Waals surface area contributed by atoms with Gasteiger partial charge in [0.2, 0.25) is 6.23 Å². The molecule has 0 aromatic rings. The summed E-state index contributed by atoms with van der Waals surface area (Å²) >= 11 is 0. The highest BCUT2D eigenvalue weighted by Crippen LogP contribution is 2.00. The van der Waals surface area contributed by atoms with Gasteiger partial charge in [0, 0.05) is 6.42 Å². The quantitative estimate of drug-likeness (QED) is 0.369. The van der Waals surface area contributed by atoms with E-state index in [0.717, 1.165) is 6.42 Å². The molecule has 0 aromatic carbocycles. The van der Waals surface area contributed by atoms with Gasteiger partial charge in [0.1, 0.15) is 0 Å². The van der Waals surface area contributed by atoms with Crippen LogP contribution in [0, 0.1) is 0 Å². The van der Waals surface area contributed by atoms with Crippen LogP contribution < -0.4 is 5.73 Å². The van der Waals surface area contributed by atoms with Crippen LogP contribution in [0.1, 0.15) is 26.7 Å². The molecule has 2 atom stereocenters. The van der Waals surface area contributed by atoms with Crippen LogP contribution in [-0.4, -0.2) is 30.2 Å². The number of carbonyl (C=O) groups is 1. The summed E-state index contributed by atoms with van der Waals surface area (Å²) in [5.41, 5.74) is 5.33. The van der Waals surface area contributed by atoms with Crippen LogP contribution in [0.4, 0.5) is 0 Å². The van der Waals surface area contributed by atoms with Gasteiger partial charge in [-0.2, -0.15) is 0 Å². The predicted octanol–water partition coefficient (Wildman–Crippen LogP) is 0.526. The Balaban J connectivity index is 3.79. The topological polar surface area (TPSA) is 81.8 Å². The Bertz CT molecular complexity index is 206. The van der Waals surface area contributed by atoms with Crippen molar-refractivity contribution >= 4 is 5.97 Å². The fourth-order valence-electron chi connectivity index (χ4n) is 0.884. The Morgan fingerprint density at radius 3 is 2.67 bits per heavy atom. The van der Waals surface area contributed by atoms with Crippen molar-refractivity contribution in [3.05, 3.63) is 12.2 Å². The second-order valence-corrected chi connectivity index (χ2v) is 2.88. The van der Waals surface area contributed by atoms with Crippen molar-refractivity contribution in [3.63, 3.8) is 0 Å². The third-order valence-corrected chi connectivity index (χ3v) is 1.56. The number of aliphatic hydroxyl groups excluding tert-OH is 1. The third-order valence-electron chi connectivity index (χ3n) is 1.56. The number of esters is 1. The molecule has 0 aromatic heterocycles. The van der Waals surface area contributed by atoms with Gasteiger partial charge in [0.25, 0.3) is 0 Å². The summed E-state index contributed by atoms with van der Waals surface area (Å²) in [6, 6.07) is 0. The van der Waals surface area contributed by atoms with Crippen LogP contribution in [-0.2, 0) is 14.3 Å². The van der Waals surface area contributed by atoms with Gasteiger partial charge in [-0.25, -0.2) is 4.79 Å². The molecule has 0 fully saturated rings. The molecule has 0 spiro atoms. The Labute approximate surface area is 89.9 Å². The Hall–Kier alpha value is -0.910. The highest BCUT2D eigenvalue weighted by molar-refractivity contribution is 5.73. The molecule has 5 nitrogen and oxygen atoms in total. The molecule has 5 heteroatoms. The third kappa shape index (κ3) is 7.07. The average molecular weight is 217 g/mol. The SMILES string of the molecule is CC/C=C\CC(O)OC(N)C(=O)OCC. The maximum absolute atomic E-state index is 11.0. The first-order chi connectivity index (χ1) is 7.11. The number of hydrogen-bond acceptors (Lipinski definition) is 5. The van der Waals surface area contributed by atoms with E-state index in [-0.39, 0.29) is 6.61 Å². The summed E-state index contributed by atoms with van der Waals surface area (Å²) in [7, 11) is 0.